The Kier molecular flexibility index (Phi) is 35.2. The van der Waals surface area contributed by atoms with Crippen molar-refractivity contribution in [3.8, 4) is 0 Å². The van der Waals surface area contributed by atoms with Crippen molar-refractivity contribution in [1.82, 2.24) is 10.2 Å². The first-order valence-corrected chi connectivity index (χ1v) is 10.5. The van der Waals surface area contributed by atoms with Crippen LogP contribution in [-0.2, 0) is 4.79 Å². The Balaban J connectivity index is -0.000000184. The minimum atomic E-state index is -0.145. The molecule has 0 aliphatic rings. The SMILES string of the molecule is CC.CC.CCCCCC.CCCN(CC)C(=O)NCC(=O)C(C)C. The van der Waals surface area contributed by atoms with E-state index in [1.807, 2.05) is 55.4 Å². The first kappa shape index (κ1) is 31.7. The molecule has 0 aromatic carbocycles. The number of nitrogens with one attached hydrogen (secondary N) is 1. The molecule has 1 N–H and O–H groups in total. The molecule has 0 spiro atoms. The van der Waals surface area contributed by atoms with Crippen molar-refractivity contribution >= 4 is 11.8 Å². The molecule has 0 atom stereocenters. The van der Waals surface area contributed by atoms with Gasteiger partial charge in [-0.1, -0.05) is 88.0 Å². The number of nitrogens with zero attached hydrogens (tertiary/aromatic N) is 1. The summed E-state index contributed by atoms with van der Waals surface area (Å²) in [5.74, 6) is 0.0439. The van der Waals surface area contributed by atoms with E-state index in [4.69, 9.17) is 0 Å². The third kappa shape index (κ3) is 25.3. The molecular formula is C21H48N2O2. The fourth-order valence-electron chi connectivity index (χ4n) is 1.65. The number of Topliss-reactive ketones (excluding diaryl/α,β-unsaturated/α-hetero) is 1. The minimum absolute atomic E-state index is 0.0217. The summed E-state index contributed by atoms with van der Waals surface area (Å²) in [5, 5.41) is 2.64. The quantitative estimate of drug-likeness (QED) is 0.491. The van der Waals surface area contributed by atoms with Gasteiger partial charge in [-0.15, -0.1) is 0 Å². The summed E-state index contributed by atoms with van der Waals surface area (Å²) in [7, 11) is 0. The van der Waals surface area contributed by atoms with E-state index in [0.717, 1.165) is 13.0 Å². The van der Waals surface area contributed by atoms with E-state index in [-0.39, 0.29) is 24.3 Å². The summed E-state index contributed by atoms with van der Waals surface area (Å²) in [5.41, 5.74) is 0. The smallest absolute Gasteiger partial charge is 0.317 e. The Labute approximate surface area is 159 Å². The van der Waals surface area contributed by atoms with Crippen molar-refractivity contribution in [3.63, 3.8) is 0 Å². The third-order valence-corrected chi connectivity index (χ3v) is 3.18. The molecule has 25 heavy (non-hydrogen) atoms. The van der Waals surface area contributed by atoms with Gasteiger partial charge in [0, 0.05) is 19.0 Å². The first-order chi connectivity index (χ1) is 11.9. The van der Waals surface area contributed by atoms with E-state index in [1.54, 1.807) is 4.90 Å². The van der Waals surface area contributed by atoms with Crippen molar-refractivity contribution in [3.05, 3.63) is 0 Å². The predicted octanol–water partition coefficient (Wildman–Crippen LogP) is 6.29. The molecule has 4 heteroatoms. The third-order valence-electron chi connectivity index (χ3n) is 3.18. The molecule has 2 amide bonds. The zero-order chi connectivity index (χ0) is 20.7. The highest BCUT2D eigenvalue weighted by molar-refractivity contribution is 5.86. The van der Waals surface area contributed by atoms with Gasteiger partial charge in [-0.3, -0.25) is 4.79 Å². The largest absolute Gasteiger partial charge is 0.331 e. The lowest BCUT2D eigenvalue weighted by molar-refractivity contribution is -0.120. The van der Waals surface area contributed by atoms with Crippen molar-refractivity contribution in [2.24, 2.45) is 5.92 Å². The molecule has 0 radical (unpaired) electrons. The van der Waals surface area contributed by atoms with Gasteiger partial charge in [0.05, 0.1) is 6.54 Å². The van der Waals surface area contributed by atoms with E-state index in [0.29, 0.717) is 6.54 Å². The number of carbonyl (C=O) groups is 2. The number of unbranched alkanes of at least 4 members (excludes halogenated alkanes) is 3. The van der Waals surface area contributed by atoms with Crippen LogP contribution >= 0.6 is 0 Å². The highest BCUT2D eigenvalue weighted by Gasteiger charge is 2.12. The van der Waals surface area contributed by atoms with Crippen LogP contribution in [0.25, 0.3) is 0 Å². The normalized spacial score (nSPS) is 8.76. The molecule has 0 bridgehead atoms. The zero-order valence-electron chi connectivity index (χ0n) is 19.0. The van der Waals surface area contributed by atoms with Crippen molar-refractivity contribution in [2.45, 2.75) is 101 Å². The van der Waals surface area contributed by atoms with Gasteiger partial charge in [0.15, 0.2) is 5.78 Å². The van der Waals surface area contributed by atoms with Crippen LogP contribution in [0.4, 0.5) is 4.79 Å². The second-order valence-corrected chi connectivity index (χ2v) is 5.57. The van der Waals surface area contributed by atoms with Crippen LogP contribution in [0.15, 0.2) is 0 Å². The molecule has 0 aliphatic heterocycles. The van der Waals surface area contributed by atoms with Crippen LogP contribution in [0.2, 0.25) is 0 Å². The van der Waals surface area contributed by atoms with Crippen LogP contribution < -0.4 is 5.32 Å². The standard InChI is InChI=1S/C11H22N2O2.C6H14.2C2H6/c1-5-7-13(6-2)11(15)12-8-10(14)9(3)4;1-3-5-6-4-2;2*1-2/h9H,5-8H2,1-4H3,(H,12,15);3-6H2,1-2H3;2*1-2H3. The fraction of sp³-hybridized carbons (Fsp3) is 0.905. The topological polar surface area (TPSA) is 49.4 Å². The van der Waals surface area contributed by atoms with E-state index in [9.17, 15) is 9.59 Å². The maximum atomic E-state index is 11.6. The number of carbonyl (C=O) groups excluding carboxylic acids is 2. The van der Waals surface area contributed by atoms with E-state index >= 15 is 0 Å². The van der Waals surface area contributed by atoms with E-state index in [1.165, 1.54) is 25.7 Å². The second kappa shape index (κ2) is 27.8. The number of urea groups is 1. The van der Waals surface area contributed by atoms with Crippen molar-refractivity contribution < 1.29 is 9.59 Å². The Morgan fingerprint density at radius 2 is 1.28 bits per heavy atom. The summed E-state index contributed by atoms with van der Waals surface area (Å²) in [4.78, 5) is 24.5. The van der Waals surface area contributed by atoms with Gasteiger partial charge in [0.1, 0.15) is 0 Å². The first-order valence-electron chi connectivity index (χ1n) is 10.5. The van der Waals surface area contributed by atoms with E-state index < -0.39 is 0 Å². The van der Waals surface area contributed by atoms with Crippen LogP contribution in [0.1, 0.15) is 101 Å². The average Bonchev–Trinajstić information content (AvgIpc) is 2.65. The molecule has 154 valence electrons. The van der Waals surface area contributed by atoms with Crippen molar-refractivity contribution in [2.75, 3.05) is 19.6 Å². The minimum Gasteiger partial charge on any atom is -0.331 e. The maximum absolute atomic E-state index is 11.6. The van der Waals surface area contributed by atoms with Crippen molar-refractivity contribution in [1.29, 1.82) is 0 Å². The predicted molar refractivity (Wildman–Crippen MR) is 113 cm³/mol. The molecule has 0 fully saturated rings. The summed E-state index contributed by atoms with van der Waals surface area (Å²) in [6, 6.07) is -0.145. The molecule has 0 saturated carbocycles. The Morgan fingerprint density at radius 1 is 0.840 bits per heavy atom. The van der Waals surface area contributed by atoms with Crippen LogP contribution in [0, 0.1) is 5.92 Å². The maximum Gasteiger partial charge on any atom is 0.317 e. The molecule has 0 aromatic heterocycles. The number of hydrogen-bond donors (Lipinski definition) is 1. The van der Waals surface area contributed by atoms with Gasteiger partial charge in [-0.25, -0.2) is 4.79 Å². The number of ketones is 1. The monoisotopic (exact) mass is 360 g/mol. The molecule has 0 unspecified atom stereocenters. The van der Waals surface area contributed by atoms with Crippen LogP contribution in [-0.4, -0.2) is 36.3 Å². The summed E-state index contributed by atoms with van der Waals surface area (Å²) in [6.07, 6.45) is 6.47. The molecule has 4 nitrogen and oxygen atoms in total. The molecule has 0 aliphatic carbocycles. The van der Waals surface area contributed by atoms with Crippen LogP contribution in [0.3, 0.4) is 0 Å². The summed E-state index contributed by atoms with van der Waals surface area (Å²) < 4.78 is 0. The lowest BCUT2D eigenvalue weighted by atomic mass is 10.1. The van der Waals surface area contributed by atoms with E-state index in [2.05, 4.69) is 19.2 Å². The van der Waals surface area contributed by atoms with Gasteiger partial charge in [0.25, 0.3) is 0 Å². The van der Waals surface area contributed by atoms with Gasteiger partial charge in [0.2, 0.25) is 0 Å². The van der Waals surface area contributed by atoms with Gasteiger partial charge in [-0.05, 0) is 13.3 Å². The fourth-order valence-corrected chi connectivity index (χ4v) is 1.65. The molecule has 0 saturated heterocycles. The number of amides is 2. The van der Waals surface area contributed by atoms with Gasteiger partial charge in [-0.2, -0.15) is 0 Å². The van der Waals surface area contributed by atoms with Gasteiger partial charge >= 0.3 is 6.03 Å². The highest BCUT2D eigenvalue weighted by atomic mass is 16.2. The Bertz CT molecular complexity index is 263. The molecule has 0 rings (SSSR count). The molecular weight excluding hydrogens is 312 g/mol. The Hall–Kier alpha value is -1.06. The van der Waals surface area contributed by atoms with Gasteiger partial charge < -0.3 is 10.2 Å². The Morgan fingerprint density at radius 3 is 1.56 bits per heavy atom. The zero-order valence-corrected chi connectivity index (χ0v) is 19.0. The second-order valence-electron chi connectivity index (χ2n) is 5.57. The molecule has 0 heterocycles. The average molecular weight is 361 g/mol. The summed E-state index contributed by atoms with van der Waals surface area (Å²) >= 11 is 0. The molecule has 0 aromatic rings. The van der Waals surface area contributed by atoms with Crippen LogP contribution in [0.5, 0.6) is 0 Å². The lowest BCUT2D eigenvalue weighted by Crippen LogP contribution is -2.42. The number of hydrogen-bond acceptors (Lipinski definition) is 2. The summed E-state index contributed by atoms with van der Waals surface area (Å²) in [6.45, 7) is 21.6. The highest BCUT2D eigenvalue weighted by Crippen LogP contribution is 1.96. The number of rotatable bonds is 9. The lowest BCUT2D eigenvalue weighted by Gasteiger charge is -2.20.